The molecule has 0 unspecified atom stereocenters. The predicted octanol–water partition coefficient (Wildman–Crippen LogP) is 3.99. The summed E-state index contributed by atoms with van der Waals surface area (Å²) in [6.07, 6.45) is 3.40. The second-order valence-corrected chi connectivity index (χ2v) is 11.1. The Hall–Kier alpha value is -3.02. The second-order valence-electron chi connectivity index (χ2n) is 8.75. The number of pyridine rings is 1. The lowest BCUT2D eigenvalue weighted by Crippen LogP contribution is -2.40. The van der Waals surface area contributed by atoms with Crippen molar-refractivity contribution < 1.29 is 17.9 Å². The number of benzene rings is 2. The number of aromatic nitrogens is 3. The Morgan fingerprint density at radius 3 is 2.51 bits per heavy atom. The lowest BCUT2D eigenvalue weighted by molar-refractivity contribution is 0.315. The molecule has 0 spiro atoms. The van der Waals surface area contributed by atoms with E-state index in [0.29, 0.717) is 39.2 Å². The maximum absolute atomic E-state index is 14.1. The SMILES string of the molecule is COc1cc2cc(CN(C3CCCC3)S(=O)(=O)c3c(C)ccc4nsnc34)c(=O)[nH]c2cc1OC. The average Bonchev–Trinajstić information content (AvgIpc) is 3.53. The van der Waals surface area contributed by atoms with E-state index in [9.17, 15) is 13.2 Å². The first kappa shape index (κ1) is 23.7. The van der Waals surface area contributed by atoms with Gasteiger partial charge in [-0.15, -0.1) is 0 Å². The molecule has 0 radical (unpaired) electrons. The highest BCUT2D eigenvalue weighted by Crippen LogP contribution is 2.35. The second kappa shape index (κ2) is 9.21. The number of methoxy groups -OCH3 is 2. The summed E-state index contributed by atoms with van der Waals surface area (Å²) in [5.41, 5.74) is 2.14. The molecule has 0 amide bonds. The monoisotopic (exact) mass is 514 g/mol. The third kappa shape index (κ3) is 4.17. The molecule has 1 fully saturated rings. The third-order valence-electron chi connectivity index (χ3n) is 6.63. The fourth-order valence-corrected chi connectivity index (χ4v) is 7.45. The van der Waals surface area contributed by atoms with Crippen LogP contribution in [-0.2, 0) is 16.6 Å². The molecule has 2 aromatic carbocycles. The first-order valence-corrected chi connectivity index (χ1v) is 13.5. The molecule has 0 saturated heterocycles. The van der Waals surface area contributed by atoms with Crippen LogP contribution in [0.15, 0.2) is 40.0 Å². The van der Waals surface area contributed by atoms with Crippen LogP contribution < -0.4 is 15.0 Å². The summed E-state index contributed by atoms with van der Waals surface area (Å²) in [7, 11) is -0.892. The first-order chi connectivity index (χ1) is 16.8. The molecule has 5 rings (SSSR count). The van der Waals surface area contributed by atoms with Gasteiger partial charge >= 0.3 is 0 Å². The minimum atomic E-state index is -3.96. The zero-order valence-electron chi connectivity index (χ0n) is 19.7. The molecule has 1 N–H and O–H groups in total. The molecule has 1 aliphatic rings. The molecule has 1 saturated carbocycles. The summed E-state index contributed by atoms with van der Waals surface area (Å²) in [5.74, 6) is 1.02. The zero-order valence-corrected chi connectivity index (χ0v) is 21.3. The molecular weight excluding hydrogens is 488 g/mol. The van der Waals surface area contributed by atoms with Crippen LogP contribution in [0.5, 0.6) is 11.5 Å². The number of nitrogens with one attached hydrogen (secondary N) is 1. The van der Waals surface area contributed by atoms with Crippen LogP contribution in [0.3, 0.4) is 0 Å². The Labute approximate surface area is 207 Å². The average molecular weight is 515 g/mol. The van der Waals surface area contributed by atoms with Crippen molar-refractivity contribution in [1.82, 2.24) is 18.0 Å². The van der Waals surface area contributed by atoms with Crippen molar-refractivity contribution >= 4 is 43.7 Å². The van der Waals surface area contributed by atoms with Crippen molar-refractivity contribution in [3.05, 3.63) is 51.8 Å². The van der Waals surface area contributed by atoms with E-state index in [1.165, 1.54) is 11.4 Å². The van der Waals surface area contributed by atoms with Crippen LogP contribution in [-0.4, -0.2) is 46.7 Å². The highest BCUT2D eigenvalue weighted by molar-refractivity contribution is 7.89. The smallest absolute Gasteiger partial charge is 0.252 e. The summed E-state index contributed by atoms with van der Waals surface area (Å²) in [6, 6.07) is 8.54. The molecule has 2 heterocycles. The van der Waals surface area contributed by atoms with Gasteiger partial charge in [0.2, 0.25) is 10.0 Å². The van der Waals surface area contributed by atoms with Gasteiger partial charge in [0.05, 0.1) is 31.5 Å². The third-order valence-corrected chi connectivity index (χ3v) is 9.25. The Kier molecular flexibility index (Phi) is 6.24. The lowest BCUT2D eigenvalue weighted by atomic mass is 10.1. The van der Waals surface area contributed by atoms with Gasteiger partial charge in [0.15, 0.2) is 11.5 Å². The molecule has 35 heavy (non-hydrogen) atoms. The molecular formula is C24H26N4O5S2. The minimum absolute atomic E-state index is 0.0417. The Balaban J connectivity index is 1.63. The molecule has 184 valence electrons. The summed E-state index contributed by atoms with van der Waals surface area (Å²) in [6.45, 7) is 1.72. The quantitative estimate of drug-likeness (QED) is 0.397. The van der Waals surface area contributed by atoms with E-state index in [-0.39, 0.29) is 23.0 Å². The van der Waals surface area contributed by atoms with Crippen molar-refractivity contribution in [1.29, 1.82) is 0 Å². The van der Waals surface area contributed by atoms with Crippen molar-refractivity contribution in [2.45, 2.75) is 50.1 Å². The van der Waals surface area contributed by atoms with Gasteiger partial charge in [0.1, 0.15) is 15.9 Å². The molecule has 11 heteroatoms. The summed E-state index contributed by atoms with van der Waals surface area (Å²) in [4.78, 5) is 16.1. The number of ether oxygens (including phenoxy) is 2. The van der Waals surface area contributed by atoms with Crippen molar-refractivity contribution in [3.8, 4) is 11.5 Å². The van der Waals surface area contributed by atoms with Gasteiger partial charge in [-0.05, 0) is 43.5 Å². The van der Waals surface area contributed by atoms with Gasteiger partial charge in [0, 0.05) is 29.6 Å². The maximum atomic E-state index is 14.1. The van der Waals surface area contributed by atoms with Crippen LogP contribution >= 0.6 is 11.7 Å². The molecule has 4 aromatic rings. The Morgan fingerprint density at radius 2 is 1.80 bits per heavy atom. The van der Waals surface area contributed by atoms with Crippen LogP contribution in [0.4, 0.5) is 0 Å². The van der Waals surface area contributed by atoms with Crippen LogP contribution in [0, 0.1) is 6.92 Å². The molecule has 2 aromatic heterocycles. The van der Waals surface area contributed by atoms with Crippen LogP contribution in [0.1, 0.15) is 36.8 Å². The lowest BCUT2D eigenvalue weighted by Gasteiger charge is -2.28. The van der Waals surface area contributed by atoms with Gasteiger partial charge in [-0.1, -0.05) is 18.9 Å². The number of aryl methyl sites for hydroxylation is 1. The van der Waals surface area contributed by atoms with Gasteiger partial charge < -0.3 is 14.5 Å². The number of H-pyrrole nitrogens is 1. The number of sulfonamides is 1. The van der Waals surface area contributed by atoms with E-state index < -0.39 is 10.0 Å². The van der Waals surface area contributed by atoms with Gasteiger partial charge in [-0.3, -0.25) is 4.79 Å². The fraction of sp³-hybridized carbons (Fsp3) is 0.375. The van der Waals surface area contributed by atoms with E-state index in [0.717, 1.165) is 42.8 Å². The summed E-state index contributed by atoms with van der Waals surface area (Å²) < 4.78 is 49.0. The van der Waals surface area contributed by atoms with E-state index in [1.807, 2.05) is 0 Å². The van der Waals surface area contributed by atoms with Crippen molar-refractivity contribution in [3.63, 3.8) is 0 Å². The van der Waals surface area contributed by atoms with Gasteiger partial charge in [-0.2, -0.15) is 13.1 Å². The number of rotatable bonds is 7. The van der Waals surface area contributed by atoms with Crippen LogP contribution in [0.2, 0.25) is 0 Å². The summed E-state index contributed by atoms with van der Waals surface area (Å²) >= 11 is 0.990. The number of aromatic amines is 1. The maximum Gasteiger partial charge on any atom is 0.252 e. The fourth-order valence-electron chi connectivity index (χ4n) is 4.84. The van der Waals surface area contributed by atoms with Crippen molar-refractivity contribution in [2.24, 2.45) is 0 Å². The van der Waals surface area contributed by atoms with Crippen molar-refractivity contribution in [2.75, 3.05) is 14.2 Å². The Bertz CT molecular complexity index is 1570. The summed E-state index contributed by atoms with van der Waals surface area (Å²) in [5, 5.41) is 0.725. The molecule has 1 aliphatic carbocycles. The number of hydrogen-bond donors (Lipinski definition) is 1. The van der Waals surface area contributed by atoms with Gasteiger partial charge in [0.25, 0.3) is 5.56 Å². The van der Waals surface area contributed by atoms with E-state index in [2.05, 4.69) is 13.7 Å². The predicted molar refractivity (Wildman–Crippen MR) is 135 cm³/mol. The highest BCUT2D eigenvalue weighted by Gasteiger charge is 2.36. The topological polar surface area (TPSA) is 114 Å². The standard InChI is InChI=1S/C24H26N4O5S2/c1-14-8-9-18-22(27-34-26-18)23(14)35(30,31)28(17-6-4-5-7-17)13-16-10-15-11-20(32-2)21(33-3)12-19(15)25-24(16)29/h8-12,17H,4-7,13H2,1-3H3,(H,25,29). The van der Waals surface area contributed by atoms with E-state index in [1.54, 1.807) is 44.4 Å². The zero-order chi connectivity index (χ0) is 24.7. The van der Waals surface area contributed by atoms with Gasteiger partial charge in [-0.25, -0.2) is 8.42 Å². The molecule has 0 aliphatic heterocycles. The molecule has 9 nitrogen and oxygen atoms in total. The highest BCUT2D eigenvalue weighted by atomic mass is 32.2. The number of fused-ring (bicyclic) bond motifs is 2. The first-order valence-electron chi connectivity index (χ1n) is 11.3. The molecule has 0 atom stereocenters. The minimum Gasteiger partial charge on any atom is -0.493 e. The molecule has 0 bridgehead atoms. The largest absolute Gasteiger partial charge is 0.493 e. The normalized spacial score (nSPS) is 14.9. The number of hydrogen-bond acceptors (Lipinski definition) is 8. The number of nitrogens with zero attached hydrogens (tertiary/aromatic N) is 3. The van der Waals surface area contributed by atoms with E-state index >= 15 is 0 Å². The Morgan fingerprint density at radius 1 is 1.09 bits per heavy atom. The van der Waals surface area contributed by atoms with E-state index in [4.69, 9.17) is 9.47 Å². The van der Waals surface area contributed by atoms with Crippen LogP contribution in [0.25, 0.3) is 21.9 Å².